The third-order valence-corrected chi connectivity index (χ3v) is 5.23. The highest BCUT2D eigenvalue weighted by molar-refractivity contribution is 7.90. The van der Waals surface area contributed by atoms with Crippen molar-refractivity contribution >= 4 is 33.4 Å². The molecule has 0 aliphatic rings. The highest BCUT2D eigenvalue weighted by atomic mass is 32.2. The van der Waals surface area contributed by atoms with Crippen LogP contribution in [0.3, 0.4) is 0 Å². The second-order valence-corrected chi connectivity index (χ2v) is 7.18. The summed E-state index contributed by atoms with van der Waals surface area (Å²) in [6, 6.07) is 0. The monoisotopic (exact) mass is 363 g/mol. The van der Waals surface area contributed by atoms with Gasteiger partial charge in [0.25, 0.3) is 10.0 Å². The van der Waals surface area contributed by atoms with Gasteiger partial charge in [0.2, 0.25) is 0 Å². The largest absolute Gasteiger partial charge is 0.459 e. The lowest BCUT2D eigenvalue weighted by Gasteiger charge is -2.09. The minimum Gasteiger partial charge on any atom is -0.459 e. The van der Waals surface area contributed by atoms with E-state index >= 15 is 0 Å². The first kappa shape index (κ1) is 19.4. The maximum atomic E-state index is 12.6. The summed E-state index contributed by atoms with van der Waals surface area (Å²) in [5, 5.41) is 1.47. The van der Waals surface area contributed by atoms with Gasteiger partial charge in [0, 0.05) is 10.3 Å². The Balaban J connectivity index is 3.39. The van der Waals surface area contributed by atoms with Gasteiger partial charge in [-0.05, 0) is 27.2 Å². The van der Waals surface area contributed by atoms with Gasteiger partial charge in [-0.3, -0.25) is 0 Å². The zero-order valence-corrected chi connectivity index (χ0v) is 15.4. The molecule has 1 heterocycles. The van der Waals surface area contributed by atoms with Crippen LogP contribution in [0.15, 0.2) is 14.7 Å². The van der Waals surface area contributed by atoms with E-state index < -0.39 is 16.0 Å². The Hall–Kier alpha value is -1.61. The smallest absolute Gasteiger partial charge is 0.399 e. The maximum Gasteiger partial charge on any atom is 0.399 e. The van der Waals surface area contributed by atoms with Gasteiger partial charge < -0.3 is 14.2 Å². The van der Waals surface area contributed by atoms with E-state index in [4.69, 9.17) is 14.2 Å². The summed E-state index contributed by atoms with van der Waals surface area (Å²) in [6.45, 7) is 7.06. The van der Waals surface area contributed by atoms with Crippen molar-refractivity contribution in [2.45, 2.75) is 45.1 Å². The number of sulfonamides is 1. The van der Waals surface area contributed by atoms with Crippen LogP contribution in [-0.4, -0.2) is 40.3 Å². The number of hydrogen-bond donors (Lipinski definition) is 0. The summed E-state index contributed by atoms with van der Waals surface area (Å²) in [4.78, 5) is 12.5. The standard InChI is InChI=1S/C14H21NO6S2/c1-6-11-12(10(8-22-11)13(16)21-9(3)4)23(17,18)15-14(19-5)20-7-2/h8-9H,6-7H2,1-5H3. The predicted molar refractivity (Wildman–Crippen MR) is 87.5 cm³/mol. The van der Waals surface area contributed by atoms with Gasteiger partial charge in [-0.15, -0.1) is 11.3 Å². The normalized spacial score (nSPS) is 12.3. The molecular weight excluding hydrogens is 342 g/mol. The minimum atomic E-state index is -4.16. The fourth-order valence-corrected chi connectivity index (χ4v) is 4.38. The molecule has 1 aromatic rings. The van der Waals surface area contributed by atoms with Crippen LogP contribution in [0.25, 0.3) is 0 Å². The Bertz CT molecular complexity index is 675. The number of nitrogens with zero attached hydrogens (tertiary/aromatic N) is 1. The van der Waals surface area contributed by atoms with Crippen LogP contribution in [0.1, 0.15) is 42.9 Å². The van der Waals surface area contributed by atoms with Crippen molar-refractivity contribution < 1.29 is 27.4 Å². The second-order valence-electron chi connectivity index (χ2n) is 4.68. The van der Waals surface area contributed by atoms with Crippen molar-refractivity contribution in [3.8, 4) is 0 Å². The van der Waals surface area contributed by atoms with Crippen molar-refractivity contribution in [1.29, 1.82) is 0 Å². The highest BCUT2D eigenvalue weighted by Crippen LogP contribution is 2.30. The predicted octanol–water partition coefficient (Wildman–Crippen LogP) is 2.60. The fourth-order valence-electron chi connectivity index (χ4n) is 1.72. The van der Waals surface area contributed by atoms with Gasteiger partial charge in [0.05, 0.1) is 25.4 Å². The Morgan fingerprint density at radius 2 is 2.00 bits per heavy atom. The molecule has 0 bridgehead atoms. The summed E-state index contributed by atoms with van der Waals surface area (Å²) in [5.41, 5.74) is -0.0174. The third kappa shape index (κ3) is 4.93. The van der Waals surface area contributed by atoms with E-state index in [9.17, 15) is 13.2 Å². The Morgan fingerprint density at radius 3 is 2.48 bits per heavy atom. The lowest BCUT2D eigenvalue weighted by molar-refractivity contribution is 0.0374. The molecule has 1 rings (SSSR count). The van der Waals surface area contributed by atoms with Crippen molar-refractivity contribution in [3.05, 3.63) is 15.8 Å². The molecule has 1 aromatic heterocycles. The van der Waals surface area contributed by atoms with Crippen LogP contribution in [0, 0.1) is 0 Å². The van der Waals surface area contributed by atoms with E-state index in [-0.39, 0.29) is 29.3 Å². The molecule has 0 aromatic carbocycles. The SMILES string of the molecule is CCOC(=NS(=O)(=O)c1c(C(=O)OC(C)C)csc1CC)OC. The van der Waals surface area contributed by atoms with Crippen molar-refractivity contribution in [2.75, 3.05) is 13.7 Å². The molecule has 0 saturated heterocycles. The number of esters is 1. The first-order valence-electron chi connectivity index (χ1n) is 7.09. The highest BCUT2D eigenvalue weighted by Gasteiger charge is 2.29. The van der Waals surface area contributed by atoms with Crippen LogP contribution in [-0.2, 0) is 30.7 Å². The summed E-state index contributed by atoms with van der Waals surface area (Å²) in [6.07, 6.45) is -0.283. The van der Waals surface area contributed by atoms with Gasteiger partial charge in [-0.25, -0.2) is 4.79 Å². The molecule has 0 fully saturated rings. The molecule has 0 amide bonds. The molecule has 0 aliphatic carbocycles. The van der Waals surface area contributed by atoms with Crippen LogP contribution in [0.2, 0.25) is 0 Å². The molecular formula is C14H21NO6S2. The lowest BCUT2D eigenvalue weighted by atomic mass is 10.3. The second kappa shape index (κ2) is 8.30. The number of aryl methyl sites for hydroxylation is 1. The molecule has 7 nitrogen and oxygen atoms in total. The molecule has 0 unspecified atom stereocenters. The Labute approximate surface area is 140 Å². The Morgan fingerprint density at radius 1 is 1.35 bits per heavy atom. The molecule has 9 heteroatoms. The molecule has 0 atom stereocenters. The lowest BCUT2D eigenvalue weighted by Crippen LogP contribution is -2.16. The van der Waals surface area contributed by atoms with Crippen molar-refractivity contribution in [3.63, 3.8) is 0 Å². The molecule has 0 aliphatic heterocycles. The molecule has 0 spiro atoms. The van der Waals surface area contributed by atoms with E-state index in [1.165, 1.54) is 23.8 Å². The number of carbonyl (C=O) groups excluding carboxylic acids is 1. The molecule has 0 saturated carbocycles. The van der Waals surface area contributed by atoms with Gasteiger partial charge in [0.1, 0.15) is 4.90 Å². The summed E-state index contributed by atoms with van der Waals surface area (Å²) in [5.74, 6) is -0.694. The molecule has 0 N–H and O–H groups in total. The zero-order chi connectivity index (χ0) is 17.6. The quantitative estimate of drug-likeness (QED) is 0.438. The minimum absolute atomic E-state index is 0.0174. The topological polar surface area (TPSA) is 91.3 Å². The number of hydrogen-bond acceptors (Lipinski definition) is 7. The maximum absolute atomic E-state index is 12.6. The van der Waals surface area contributed by atoms with Gasteiger partial charge >= 0.3 is 12.1 Å². The van der Waals surface area contributed by atoms with E-state index in [1.54, 1.807) is 27.7 Å². The number of methoxy groups -OCH3 is 1. The first-order valence-corrected chi connectivity index (χ1v) is 9.41. The van der Waals surface area contributed by atoms with Crippen molar-refractivity contribution in [1.82, 2.24) is 0 Å². The van der Waals surface area contributed by atoms with Gasteiger partial charge in [-0.1, -0.05) is 11.3 Å². The van der Waals surface area contributed by atoms with Crippen LogP contribution in [0.4, 0.5) is 0 Å². The van der Waals surface area contributed by atoms with Crippen LogP contribution >= 0.6 is 11.3 Å². The van der Waals surface area contributed by atoms with E-state index in [0.29, 0.717) is 11.3 Å². The molecule has 130 valence electrons. The number of thiophene rings is 1. The third-order valence-electron chi connectivity index (χ3n) is 2.60. The average molecular weight is 363 g/mol. The Kier molecular flexibility index (Phi) is 7.01. The molecule has 23 heavy (non-hydrogen) atoms. The van der Waals surface area contributed by atoms with Crippen LogP contribution < -0.4 is 0 Å². The number of ether oxygens (including phenoxy) is 3. The average Bonchev–Trinajstić information content (AvgIpc) is 2.90. The van der Waals surface area contributed by atoms with E-state index in [2.05, 4.69) is 4.40 Å². The van der Waals surface area contributed by atoms with E-state index in [1.807, 2.05) is 0 Å². The fraction of sp³-hybridized carbons (Fsp3) is 0.571. The summed E-state index contributed by atoms with van der Waals surface area (Å²) in [7, 11) is -2.90. The van der Waals surface area contributed by atoms with Gasteiger partial charge in [-0.2, -0.15) is 8.42 Å². The van der Waals surface area contributed by atoms with Crippen molar-refractivity contribution in [2.24, 2.45) is 4.40 Å². The zero-order valence-electron chi connectivity index (χ0n) is 13.8. The van der Waals surface area contributed by atoms with E-state index in [0.717, 1.165) is 0 Å². The number of carbonyl (C=O) groups is 1. The summed E-state index contributed by atoms with van der Waals surface area (Å²) < 4.78 is 43.6. The summed E-state index contributed by atoms with van der Waals surface area (Å²) >= 11 is 1.18. The first-order chi connectivity index (χ1) is 10.8. The number of rotatable bonds is 6. The van der Waals surface area contributed by atoms with Gasteiger partial charge in [0.15, 0.2) is 0 Å². The molecule has 0 radical (unpaired) electrons. The van der Waals surface area contributed by atoms with Crippen LogP contribution in [0.5, 0.6) is 0 Å².